The smallest absolute Gasteiger partial charge is 0.252 e. The van der Waals surface area contributed by atoms with Crippen LogP contribution in [0.2, 0.25) is 0 Å². The first-order valence-corrected chi connectivity index (χ1v) is 7.12. The second kappa shape index (κ2) is 9.17. The quantitative estimate of drug-likeness (QED) is 0.786. The van der Waals surface area contributed by atoms with Gasteiger partial charge in [-0.05, 0) is 31.0 Å². The first kappa shape index (κ1) is 17.2. The monoisotopic (exact) mass is 289 g/mol. The van der Waals surface area contributed by atoms with E-state index in [1.165, 1.54) is 0 Å². The summed E-state index contributed by atoms with van der Waals surface area (Å²) in [6.45, 7) is 4.27. The minimum atomic E-state index is -0.225. The highest BCUT2D eigenvalue weighted by atomic mass is 16.5. The van der Waals surface area contributed by atoms with Crippen LogP contribution >= 0.6 is 0 Å². The summed E-state index contributed by atoms with van der Waals surface area (Å²) < 4.78 is 5.13. The third kappa shape index (κ3) is 5.58. The molecule has 1 rings (SSSR count). The normalized spacial score (nSPS) is 11.4. The molecular formula is C17H23NO3. The third-order valence-electron chi connectivity index (χ3n) is 3.06. The molecule has 114 valence electrons. The van der Waals surface area contributed by atoms with E-state index in [0.717, 1.165) is 18.4 Å². The lowest BCUT2D eigenvalue weighted by Crippen LogP contribution is -2.38. The molecule has 0 spiro atoms. The number of benzene rings is 1. The Morgan fingerprint density at radius 3 is 2.86 bits per heavy atom. The van der Waals surface area contributed by atoms with Crippen LogP contribution < -0.4 is 5.32 Å². The number of methoxy groups -OCH3 is 1. The number of aliphatic hydroxyl groups is 1. The molecule has 0 saturated carbocycles. The molecule has 0 saturated heterocycles. The maximum Gasteiger partial charge on any atom is 0.252 e. The average molecular weight is 289 g/mol. The van der Waals surface area contributed by atoms with Crippen molar-refractivity contribution in [1.29, 1.82) is 0 Å². The summed E-state index contributed by atoms with van der Waals surface area (Å²) in [5.41, 5.74) is 2.18. The zero-order valence-electron chi connectivity index (χ0n) is 12.9. The van der Waals surface area contributed by atoms with Crippen molar-refractivity contribution in [3.05, 3.63) is 34.9 Å². The van der Waals surface area contributed by atoms with Gasteiger partial charge in [-0.15, -0.1) is 0 Å². The predicted octanol–water partition coefficient (Wildman–Crippen LogP) is 1.88. The molecule has 1 atom stereocenters. The SMILES string of the molecule is CCCC(COC)NC(=O)c1ccc(C)cc1C#CCO. The van der Waals surface area contributed by atoms with Crippen molar-refractivity contribution in [3.8, 4) is 11.8 Å². The molecule has 0 radical (unpaired) electrons. The summed E-state index contributed by atoms with van der Waals surface area (Å²) in [4.78, 5) is 12.4. The third-order valence-corrected chi connectivity index (χ3v) is 3.06. The van der Waals surface area contributed by atoms with Crippen molar-refractivity contribution in [2.75, 3.05) is 20.3 Å². The first-order valence-electron chi connectivity index (χ1n) is 7.12. The molecule has 0 heterocycles. The molecule has 4 nitrogen and oxygen atoms in total. The van der Waals surface area contributed by atoms with Crippen molar-refractivity contribution in [1.82, 2.24) is 5.32 Å². The van der Waals surface area contributed by atoms with Gasteiger partial charge >= 0.3 is 0 Å². The van der Waals surface area contributed by atoms with E-state index in [0.29, 0.717) is 17.7 Å². The topological polar surface area (TPSA) is 58.6 Å². The van der Waals surface area contributed by atoms with Gasteiger partial charge in [0.05, 0.1) is 18.2 Å². The van der Waals surface area contributed by atoms with Crippen LogP contribution in [0.3, 0.4) is 0 Å². The van der Waals surface area contributed by atoms with Crippen molar-refractivity contribution in [2.24, 2.45) is 0 Å². The minimum Gasteiger partial charge on any atom is -0.384 e. The first-order chi connectivity index (χ1) is 10.1. The minimum absolute atomic E-state index is 0.00699. The lowest BCUT2D eigenvalue weighted by molar-refractivity contribution is 0.0891. The Labute approximate surface area is 126 Å². The number of carbonyl (C=O) groups is 1. The van der Waals surface area contributed by atoms with E-state index in [2.05, 4.69) is 24.1 Å². The standard InChI is InChI=1S/C17H23NO3/c1-4-6-15(12-21-3)18-17(20)16-9-8-13(2)11-14(16)7-5-10-19/h8-9,11,15,19H,4,6,10,12H2,1-3H3,(H,18,20). The summed E-state index contributed by atoms with van der Waals surface area (Å²) >= 11 is 0. The molecular weight excluding hydrogens is 266 g/mol. The van der Waals surface area contributed by atoms with E-state index in [9.17, 15) is 4.79 Å². The molecule has 1 unspecified atom stereocenters. The number of amides is 1. The van der Waals surface area contributed by atoms with Crippen LogP contribution in [0.15, 0.2) is 18.2 Å². The maximum atomic E-state index is 12.4. The molecule has 0 fully saturated rings. The molecule has 1 aromatic rings. The Kier molecular flexibility index (Phi) is 7.52. The fraction of sp³-hybridized carbons (Fsp3) is 0.471. The molecule has 1 aromatic carbocycles. The van der Waals surface area contributed by atoms with E-state index >= 15 is 0 Å². The Hall–Kier alpha value is -1.83. The van der Waals surface area contributed by atoms with Crippen LogP contribution in [0.1, 0.15) is 41.3 Å². The van der Waals surface area contributed by atoms with E-state index in [1.807, 2.05) is 19.1 Å². The van der Waals surface area contributed by atoms with Gasteiger partial charge in [-0.2, -0.15) is 0 Å². The van der Waals surface area contributed by atoms with Gasteiger partial charge in [-0.3, -0.25) is 4.79 Å². The van der Waals surface area contributed by atoms with Crippen molar-refractivity contribution in [3.63, 3.8) is 0 Å². The zero-order valence-corrected chi connectivity index (χ0v) is 12.9. The largest absolute Gasteiger partial charge is 0.384 e. The molecule has 0 aromatic heterocycles. The predicted molar refractivity (Wildman–Crippen MR) is 83.2 cm³/mol. The van der Waals surface area contributed by atoms with Crippen molar-refractivity contribution >= 4 is 5.91 Å². The lowest BCUT2D eigenvalue weighted by Gasteiger charge is -2.17. The van der Waals surface area contributed by atoms with Crippen LogP contribution in [0.4, 0.5) is 0 Å². The summed E-state index contributed by atoms with van der Waals surface area (Å²) in [6, 6.07) is 5.49. The van der Waals surface area contributed by atoms with Gasteiger partial charge in [-0.1, -0.05) is 31.3 Å². The van der Waals surface area contributed by atoms with Gasteiger partial charge in [0.1, 0.15) is 6.61 Å². The second-order valence-corrected chi connectivity index (χ2v) is 4.92. The number of aryl methyl sites for hydroxylation is 1. The Morgan fingerprint density at radius 2 is 2.24 bits per heavy atom. The maximum absolute atomic E-state index is 12.4. The van der Waals surface area contributed by atoms with E-state index in [4.69, 9.17) is 9.84 Å². The fourth-order valence-electron chi connectivity index (χ4n) is 2.10. The molecule has 1 amide bonds. The fourth-order valence-corrected chi connectivity index (χ4v) is 2.10. The Balaban J connectivity index is 2.95. The van der Waals surface area contributed by atoms with Gasteiger partial charge in [0.15, 0.2) is 0 Å². The Bertz CT molecular complexity index is 523. The molecule has 4 heteroatoms. The summed E-state index contributed by atoms with van der Waals surface area (Å²) in [5, 5.41) is 11.8. The lowest BCUT2D eigenvalue weighted by atomic mass is 10.0. The average Bonchev–Trinajstić information content (AvgIpc) is 2.45. The highest BCUT2D eigenvalue weighted by Crippen LogP contribution is 2.11. The number of nitrogens with one attached hydrogen (secondary N) is 1. The summed E-state index contributed by atoms with van der Waals surface area (Å²) in [7, 11) is 1.62. The summed E-state index contributed by atoms with van der Waals surface area (Å²) in [5.74, 6) is 5.26. The highest BCUT2D eigenvalue weighted by Gasteiger charge is 2.15. The van der Waals surface area contributed by atoms with Crippen molar-refractivity contribution in [2.45, 2.75) is 32.7 Å². The molecule has 0 aliphatic carbocycles. The Morgan fingerprint density at radius 1 is 1.48 bits per heavy atom. The number of aliphatic hydroxyl groups excluding tert-OH is 1. The van der Waals surface area contributed by atoms with Crippen LogP contribution in [-0.2, 0) is 4.74 Å². The van der Waals surface area contributed by atoms with Gasteiger partial charge < -0.3 is 15.2 Å². The number of carbonyl (C=O) groups excluding carboxylic acids is 1. The summed E-state index contributed by atoms with van der Waals surface area (Å²) in [6.07, 6.45) is 1.84. The van der Waals surface area contributed by atoms with Gasteiger partial charge in [0, 0.05) is 12.7 Å². The van der Waals surface area contributed by atoms with E-state index in [1.54, 1.807) is 13.2 Å². The molecule has 0 bridgehead atoms. The zero-order chi connectivity index (χ0) is 15.7. The van der Waals surface area contributed by atoms with Gasteiger partial charge in [-0.25, -0.2) is 0 Å². The number of rotatable bonds is 6. The van der Waals surface area contributed by atoms with Crippen LogP contribution in [0.25, 0.3) is 0 Å². The van der Waals surface area contributed by atoms with E-state index in [-0.39, 0.29) is 18.6 Å². The van der Waals surface area contributed by atoms with E-state index < -0.39 is 0 Å². The molecule has 0 aliphatic heterocycles. The van der Waals surface area contributed by atoms with Gasteiger partial charge in [0.2, 0.25) is 0 Å². The van der Waals surface area contributed by atoms with Crippen LogP contribution in [-0.4, -0.2) is 37.4 Å². The highest BCUT2D eigenvalue weighted by molar-refractivity contribution is 5.97. The number of hydrogen-bond acceptors (Lipinski definition) is 3. The van der Waals surface area contributed by atoms with Crippen LogP contribution in [0, 0.1) is 18.8 Å². The van der Waals surface area contributed by atoms with Gasteiger partial charge in [0.25, 0.3) is 5.91 Å². The number of ether oxygens (including phenoxy) is 1. The molecule has 21 heavy (non-hydrogen) atoms. The number of hydrogen-bond donors (Lipinski definition) is 2. The molecule has 0 aliphatic rings. The van der Waals surface area contributed by atoms with Crippen LogP contribution in [0.5, 0.6) is 0 Å². The second-order valence-electron chi connectivity index (χ2n) is 4.92. The van der Waals surface area contributed by atoms with Crippen molar-refractivity contribution < 1.29 is 14.6 Å². The molecule has 2 N–H and O–H groups in total.